The smallest absolute Gasteiger partial charge is 0.158 e. The van der Waals surface area contributed by atoms with Gasteiger partial charge in [-0.05, 0) is 62.0 Å². The van der Waals surface area contributed by atoms with Gasteiger partial charge in [0.1, 0.15) is 17.3 Å². The lowest BCUT2D eigenvalue weighted by Gasteiger charge is -2.21. The molecule has 2 aliphatic rings. The molecule has 0 amide bonds. The van der Waals surface area contributed by atoms with Crippen LogP contribution in [-0.2, 0) is 0 Å². The second-order valence-electron chi connectivity index (χ2n) is 8.80. The van der Waals surface area contributed by atoms with Crippen molar-refractivity contribution < 1.29 is 4.39 Å². The Morgan fingerprint density at radius 2 is 1.91 bits per heavy atom. The number of nitrogens with zero attached hydrogens (tertiary/aromatic N) is 5. The van der Waals surface area contributed by atoms with Gasteiger partial charge in [0.25, 0.3) is 0 Å². The molecule has 3 N–H and O–H groups in total. The molecule has 2 aliphatic heterocycles. The van der Waals surface area contributed by atoms with Crippen molar-refractivity contribution in [3.8, 4) is 22.5 Å². The number of nitrogens with two attached hydrogens (primary N) is 1. The van der Waals surface area contributed by atoms with Gasteiger partial charge in [0.15, 0.2) is 11.5 Å². The summed E-state index contributed by atoms with van der Waals surface area (Å²) in [4.78, 5) is 11.5. The number of fused-ring (bicyclic) bond motifs is 2. The van der Waals surface area contributed by atoms with Crippen LogP contribution < -0.4 is 16.0 Å². The maximum absolute atomic E-state index is 13.6. The molecule has 5 heterocycles. The predicted molar refractivity (Wildman–Crippen MR) is 127 cm³/mol. The Hall–Kier alpha value is -3.94. The summed E-state index contributed by atoms with van der Waals surface area (Å²) < 4.78 is 15.6. The van der Waals surface area contributed by atoms with Crippen LogP contribution in [0.1, 0.15) is 11.1 Å². The topological polar surface area (TPSA) is 84.4 Å². The molecule has 0 bridgehead atoms. The molecule has 166 valence electrons. The van der Waals surface area contributed by atoms with Crippen LogP contribution in [0.5, 0.6) is 0 Å². The lowest BCUT2D eigenvalue weighted by molar-refractivity contribution is 0.628. The molecule has 0 radical (unpaired) electrons. The Morgan fingerprint density at radius 3 is 2.67 bits per heavy atom. The van der Waals surface area contributed by atoms with E-state index in [1.165, 1.54) is 17.7 Å². The monoisotopic (exact) mass is 441 g/mol. The van der Waals surface area contributed by atoms with Crippen molar-refractivity contribution in [2.75, 3.05) is 30.3 Å². The molecule has 3 aromatic heterocycles. The normalized spacial score (nSPS) is 17.4. The SMILES string of the molecule is Cc1c(N2CC3=CNCC3C2)nn2c(-c3ccnc(N)c3)c(-c3ccc(F)cc3)nc2c1C. The Balaban J connectivity index is 1.60. The summed E-state index contributed by atoms with van der Waals surface area (Å²) in [6.07, 6.45) is 3.82. The molecule has 7 nitrogen and oxygen atoms in total. The van der Waals surface area contributed by atoms with Crippen LogP contribution in [0.15, 0.2) is 54.4 Å². The molecule has 0 spiro atoms. The maximum atomic E-state index is 13.6. The quantitative estimate of drug-likeness (QED) is 0.504. The number of aromatic nitrogens is 4. The van der Waals surface area contributed by atoms with Crippen molar-refractivity contribution in [3.63, 3.8) is 0 Å². The summed E-state index contributed by atoms with van der Waals surface area (Å²) in [7, 11) is 0. The van der Waals surface area contributed by atoms with Gasteiger partial charge in [-0.2, -0.15) is 0 Å². The number of benzene rings is 1. The number of halogens is 1. The largest absolute Gasteiger partial charge is 0.390 e. The number of nitrogen functional groups attached to an aromatic ring is 1. The van der Waals surface area contributed by atoms with Crippen LogP contribution in [0.25, 0.3) is 28.2 Å². The summed E-state index contributed by atoms with van der Waals surface area (Å²) in [5, 5.41) is 8.46. The minimum Gasteiger partial charge on any atom is -0.390 e. The Bertz CT molecular complexity index is 1420. The van der Waals surface area contributed by atoms with E-state index < -0.39 is 0 Å². The summed E-state index contributed by atoms with van der Waals surface area (Å²) in [6.45, 7) is 6.98. The van der Waals surface area contributed by atoms with E-state index in [1.54, 1.807) is 18.3 Å². The molecule has 1 aromatic carbocycles. The van der Waals surface area contributed by atoms with E-state index in [1.807, 2.05) is 16.6 Å². The van der Waals surface area contributed by atoms with Crippen molar-refractivity contribution >= 4 is 17.3 Å². The van der Waals surface area contributed by atoms with E-state index in [0.717, 1.165) is 64.7 Å². The van der Waals surface area contributed by atoms with Crippen LogP contribution in [0.4, 0.5) is 16.0 Å². The van der Waals surface area contributed by atoms with E-state index in [0.29, 0.717) is 11.7 Å². The van der Waals surface area contributed by atoms with Gasteiger partial charge in [-0.25, -0.2) is 18.9 Å². The summed E-state index contributed by atoms with van der Waals surface area (Å²) >= 11 is 0. The van der Waals surface area contributed by atoms with Gasteiger partial charge in [-0.3, -0.25) is 0 Å². The third kappa shape index (κ3) is 3.13. The van der Waals surface area contributed by atoms with E-state index in [9.17, 15) is 4.39 Å². The van der Waals surface area contributed by atoms with Gasteiger partial charge in [-0.1, -0.05) is 0 Å². The zero-order chi connectivity index (χ0) is 22.7. The highest BCUT2D eigenvalue weighted by Gasteiger charge is 2.32. The average Bonchev–Trinajstić information content (AvgIpc) is 3.50. The van der Waals surface area contributed by atoms with Gasteiger partial charge in [0.05, 0.1) is 5.69 Å². The van der Waals surface area contributed by atoms with E-state index in [-0.39, 0.29) is 5.82 Å². The molecule has 1 unspecified atom stereocenters. The fourth-order valence-corrected chi connectivity index (χ4v) is 4.87. The van der Waals surface area contributed by atoms with E-state index in [2.05, 4.69) is 35.2 Å². The predicted octanol–water partition coefficient (Wildman–Crippen LogP) is 3.72. The second-order valence-corrected chi connectivity index (χ2v) is 8.80. The molecule has 4 aromatic rings. The van der Waals surface area contributed by atoms with Crippen molar-refractivity contribution in [2.45, 2.75) is 13.8 Å². The summed E-state index contributed by atoms with van der Waals surface area (Å²) in [6, 6.07) is 10.1. The zero-order valence-electron chi connectivity index (χ0n) is 18.5. The summed E-state index contributed by atoms with van der Waals surface area (Å²) in [5.74, 6) is 1.62. The number of anilines is 2. The molecule has 8 heteroatoms. The van der Waals surface area contributed by atoms with Crippen molar-refractivity contribution in [3.05, 3.63) is 71.3 Å². The number of imidazole rings is 1. The minimum atomic E-state index is -0.284. The number of nitrogens with one attached hydrogen (secondary N) is 1. The second kappa shape index (κ2) is 7.30. The molecule has 1 atom stereocenters. The van der Waals surface area contributed by atoms with Crippen molar-refractivity contribution in [2.24, 2.45) is 5.92 Å². The Kier molecular flexibility index (Phi) is 4.36. The van der Waals surface area contributed by atoms with E-state index in [4.69, 9.17) is 15.8 Å². The molecule has 1 fully saturated rings. The number of aryl methyl sites for hydroxylation is 1. The van der Waals surface area contributed by atoms with E-state index >= 15 is 0 Å². The van der Waals surface area contributed by atoms with Crippen molar-refractivity contribution in [1.82, 2.24) is 24.9 Å². The molecule has 6 rings (SSSR count). The Morgan fingerprint density at radius 1 is 1.09 bits per heavy atom. The molecule has 33 heavy (non-hydrogen) atoms. The summed E-state index contributed by atoms with van der Waals surface area (Å²) in [5.41, 5.74) is 13.6. The van der Waals surface area contributed by atoms with Crippen molar-refractivity contribution in [1.29, 1.82) is 0 Å². The van der Waals surface area contributed by atoms with Gasteiger partial charge >= 0.3 is 0 Å². The number of pyridine rings is 1. The van der Waals surface area contributed by atoms with Gasteiger partial charge in [0, 0.05) is 54.0 Å². The molecular formula is C25H24FN7. The first kappa shape index (κ1) is 19.7. The third-order valence-corrected chi connectivity index (χ3v) is 6.74. The molecule has 0 saturated carbocycles. The van der Waals surface area contributed by atoms with Crippen LogP contribution in [0.2, 0.25) is 0 Å². The number of hydrogen-bond donors (Lipinski definition) is 2. The molecule has 0 aliphatic carbocycles. The average molecular weight is 442 g/mol. The number of rotatable bonds is 3. The molecule has 1 saturated heterocycles. The van der Waals surface area contributed by atoms with Crippen LogP contribution in [0.3, 0.4) is 0 Å². The highest BCUT2D eigenvalue weighted by molar-refractivity contribution is 5.83. The fraction of sp³-hybridized carbons (Fsp3) is 0.240. The van der Waals surface area contributed by atoms with Gasteiger partial charge in [0.2, 0.25) is 0 Å². The third-order valence-electron chi connectivity index (χ3n) is 6.74. The standard InChI is InChI=1S/C25H24FN7/c1-14-15(2)25(32-12-18-10-28-11-19(18)13-32)31-33-23(17-7-8-29-21(27)9-17)22(30-24(14)33)16-3-5-20(26)6-4-16/h3-10,19,28H,11-13H2,1-2H3,(H2,27,29). The number of hydrogen-bond acceptors (Lipinski definition) is 6. The Labute approximate surface area is 190 Å². The molecular weight excluding hydrogens is 417 g/mol. The first-order chi connectivity index (χ1) is 16.0. The van der Waals surface area contributed by atoms with Gasteiger partial charge in [-0.15, -0.1) is 5.10 Å². The lowest BCUT2D eigenvalue weighted by atomic mass is 10.1. The lowest BCUT2D eigenvalue weighted by Crippen LogP contribution is -2.26. The minimum absolute atomic E-state index is 0.284. The maximum Gasteiger partial charge on any atom is 0.158 e. The van der Waals surface area contributed by atoms with Crippen LogP contribution in [0, 0.1) is 25.6 Å². The highest BCUT2D eigenvalue weighted by atomic mass is 19.1. The highest BCUT2D eigenvalue weighted by Crippen LogP contribution is 2.37. The fourth-order valence-electron chi connectivity index (χ4n) is 4.87. The first-order valence-electron chi connectivity index (χ1n) is 11.0. The zero-order valence-corrected chi connectivity index (χ0v) is 18.5. The van der Waals surface area contributed by atoms with Crippen LogP contribution in [-0.4, -0.2) is 39.2 Å². The van der Waals surface area contributed by atoms with Gasteiger partial charge < -0.3 is 16.0 Å². The first-order valence-corrected chi connectivity index (χ1v) is 11.0. The van der Waals surface area contributed by atoms with Crippen LogP contribution >= 0.6 is 0 Å².